The van der Waals surface area contributed by atoms with Crippen LogP contribution in [-0.2, 0) is 9.53 Å². The van der Waals surface area contributed by atoms with Crippen LogP contribution >= 0.6 is 11.6 Å². The molecule has 0 amide bonds. The Labute approximate surface area is 114 Å². The lowest BCUT2D eigenvalue weighted by molar-refractivity contribution is -0.144. The van der Waals surface area contributed by atoms with Gasteiger partial charge >= 0.3 is 5.97 Å². The van der Waals surface area contributed by atoms with Crippen molar-refractivity contribution in [2.24, 2.45) is 0 Å². The highest BCUT2D eigenvalue weighted by Gasteiger charge is 2.32. The molecule has 19 heavy (non-hydrogen) atoms. The quantitative estimate of drug-likeness (QED) is 0.746. The Morgan fingerprint density at radius 3 is 3.21 bits per heavy atom. The van der Waals surface area contributed by atoms with E-state index in [-0.39, 0.29) is 11.0 Å². The maximum atomic E-state index is 11.9. The van der Waals surface area contributed by atoms with Gasteiger partial charge in [-0.2, -0.15) is 0 Å². The van der Waals surface area contributed by atoms with Crippen LogP contribution < -0.4 is 15.8 Å². The molecular weight excluding hydrogens is 272 g/mol. The summed E-state index contributed by atoms with van der Waals surface area (Å²) in [4.78, 5) is 31.6. The van der Waals surface area contributed by atoms with E-state index in [0.717, 1.165) is 0 Å². The van der Waals surface area contributed by atoms with Crippen LogP contribution in [0.2, 0.25) is 5.02 Å². The van der Waals surface area contributed by atoms with Crippen molar-refractivity contribution in [1.29, 1.82) is 0 Å². The highest BCUT2D eigenvalue weighted by Crippen LogP contribution is 2.22. The summed E-state index contributed by atoms with van der Waals surface area (Å²) in [5.74, 6) is -0.0437. The Morgan fingerprint density at radius 1 is 1.68 bits per heavy atom. The SMILES string of the molecule is CCOC(=O)C1CNCCN1c1nc[nH]c(=O)c1Cl. The van der Waals surface area contributed by atoms with E-state index in [2.05, 4.69) is 15.3 Å². The fourth-order valence-electron chi connectivity index (χ4n) is 1.98. The summed E-state index contributed by atoms with van der Waals surface area (Å²) in [7, 11) is 0. The zero-order valence-corrected chi connectivity index (χ0v) is 11.2. The van der Waals surface area contributed by atoms with Gasteiger partial charge in [-0.25, -0.2) is 9.78 Å². The van der Waals surface area contributed by atoms with Crippen molar-refractivity contribution in [2.45, 2.75) is 13.0 Å². The van der Waals surface area contributed by atoms with E-state index in [1.807, 2.05) is 0 Å². The highest BCUT2D eigenvalue weighted by atomic mass is 35.5. The van der Waals surface area contributed by atoms with Gasteiger partial charge in [0.25, 0.3) is 5.56 Å². The van der Waals surface area contributed by atoms with E-state index in [9.17, 15) is 9.59 Å². The first-order valence-electron chi connectivity index (χ1n) is 6.02. The van der Waals surface area contributed by atoms with Crippen LogP contribution in [0.1, 0.15) is 6.92 Å². The third kappa shape index (κ3) is 2.87. The molecule has 0 bridgehead atoms. The van der Waals surface area contributed by atoms with Crippen molar-refractivity contribution in [2.75, 3.05) is 31.1 Å². The van der Waals surface area contributed by atoms with Crippen molar-refractivity contribution in [3.8, 4) is 0 Å². The average Bonchev–Trinajstić information content (AvgIpc) is 2.42. The van der Waals surface area contributed by atoms with Crippen LogP contribution in [0.4, 0.5) is 5.82 Å². The molecule has 1 atom stereocenters. The molecule has 2 rings (SSSR count). The molecular formula is C11H15ClN4O3. The third-order valence-corrected chi connectivity index (χ3v) is 3.19. The van der Waals surface area contributed by atoms with Crippen LogP contribution in [0, 0.1) is 0 Å². The highest BCUT2D eigenvalue weighted by molar-refractivity contribution is 6.32. The number of ether oxygens (including phenoxy) is 1. The van der Waals surface area contributed by atoms with Crippen LogP contribution in [0.3, 0.4) is 0 Å². The number of aromatic nitrogens is 2. The van der Waals surface area contributed by atoms with Gasteiger partial charge in [0, 0.05) is 19.6 Å². The Morgan fingerprint density at radius 2 is 2.47 bits per heavy atom. The molecule has 1 aliphatic rings. The van der Waals surface area contributed by atoms with Crippen molar-refractivity contribution in [1.82, 2.24) is 15.3 Å². The summed E-state index contributed by atoms with van der Waals surface area (Å²) >= 11 is 5.95. The average molecular weight is 287 g/mol. The molecule has 0 aliphatic carbocycles. The second-order valence-electron chi connectivity index (χ2n) is 4.03. The fourth-order valence-corrected chi connectivity index (χ4v) is 2.19. The van der Waals surface area contributed by atoms with Gasteiger partial charge in [-0.3, -0.25) is 4.79 Å². The number of rotatable bonds is 3. The summed E-state index contributed by atoms with van der Waals surface area (Å²) in [5, 5.41) is 3.09. The van der Waals surface area contributed by atoms with Crippen molar-refractivity contribution in [3.05, 3.63) is 21.7 Å². The number of hydrogen-bond acceptors (Lipinski definition) is 6. The Bertz CT molecular complexity index is 519. The van der Waals surface area contributed by atoms with E-state index >= 15 is 0 Å². The molecule has 7 nitrogen and oxygen atoms in total. The summed E-state index contributed by atoms with van der Waals surface area (Å²) in [6.45, 7) is 3.70. The topological polar surface area (TPSA) is 87.3 Å². The van der Waals surface area contributed by atoms with E-state index in [1.54, 1.807) is 11.8 Å². The summed E-state index contributed by atoms with van der Waals surface area (Å²) in [6, 6.07) is -0.527. The van der Waals surface area contributed by atoms with Crippen molar-refractivity contribution in [3.63, 3.8) is 0 Å². The van der Waals surface area contributed by atoms with E-state index in [0.29, 0.717) is 32.1 Å². The number of H-pyrrole nitrogens is 1. The lowest BCUT2D eigenvalue weighted by atomic mass is 10.2. The van der Waals surface area contributed by atoms with Gasteiger partial charge in [0.1, 0.15) is 11.1 Å². The Kier molecular flexibility index (Phi) is 4.39. The predicted molar refractivity (Wildman–Crippen MR) is 70.5 cm³/mol. The zero-order valence-electron chi connectivity index (χ0n) is 10.5. The summed E-state index contributed by atoms with van der Waals surface area (Å²) < 4.78 is 5.03. The molecule has 0 aromatic carbocycles. The number of anilines is 1. The number of nitrogens with zero attached hydrogens (tertiary/aromatic N) is 2. The number of esters is 1. The minimum atomic E-state index is -0.527. The molecule has 1 aromatic heterocycles. The zero-order chi connectivity index (χ0) is 13.8. The molecule has 0 saturated carbocycles. The summed E-state index contributed by atoms with van der Waals surface area (Å²) in [6.07, 6.45) is 1.27. The molecule has 8 heteroatoms. The Hall–Kier alpha value is -1.60. The molecule has 1 unspecified atom stereocenters. The first-order chi connectivity index (χ1) is 9.15. The van der Waals surface area contributed by atoms with Crippen LogP contribution in [0.5, 0.6) is 0 Å². The molecule has 1 saturated heterocycles. The van der Waals surface area contributed by atoms with Gasteiger partial charge in [0.15, 0.2) is 5.82 Å². The third-order valence-electron chi connectivity index (χ3n) is 2.85. The van der Waals surface area contributed by atoms with Gasteiger partial charge in [-0.1, -0.05) is 11.6 Å². The minimum absolute atomic E-state index is 0.0151. The molecule has 0 radical (unpaired) electrons. The molecule has 1 fully saturated rings. The molecule has 2 N–H and O–H groups in total. The van der Waals surface area contributed by atoms with E-state index < -0.39 is 11.6 Å². The Balaban J connectivity index is 2.31. The molecule has 2 heterocycles. The number of hydrogen-bond donors (Lipinski definition) is 2. The van der Waals surface area contributed by atoms with Crippen LogP contribution in [-0.4, -0.2) is 48.2 Å². The second kappa shape index (κ2) is 6.03. The molecule has 104 valence electrons. The van der Waals surface area contributed by atoms with Crippen LogP contribution in [0.25, 0.3) is 0 Å². The first kappa shape index (κ1) is 13.8. The predicted octanol–water partition coefficient (Wildman–Crippen LogP) is -0.235. The number of aromatic amines is 1. The molecule has 1 aliphatic heterocycles. The van der Waals surface area contributed by atoms with Gasteiger partial charge in [-0.15, -0.1) is 0 Å². The van der Waals surface area contributed by atoms with Gasteiger partial charge in [0.05, 0.1) is 12.9 Å². The monoisotopic (exact) mass is 286 g/mol. The first-order valence-corrected chi connectivity index (χ1v) is 6.40. The van der Waals surface area contributed by atoms with Gasteiger partial charge < -0.3 is 19.9 Å². The second-order valence-corrected chi connectivity index (χ2v) is 4.41. The van der Waals surface area contributed by atoms with Gasteiger partial charge in [-0.05, 0) is 6.92 Å². The molecule has 0 spiro atoms. The van der Waals surface area contributed by atoms with E-state index in [4.69, 9.17) is 16.3 Å². The fraction of sp³-hybridized carbons (Fsp3) is 0.545. The van der Waals surface area contributed by atoms with Crippen LogP contribution in [0.15, 0.2) is 11.1 Å². The maximum absolute atomic E-state index is 11.9. The van der Waals surface area contributed by atoms with Crippen molar-refractivity contribution >= 4 is 23.4 Å². The lowest BCUT2D eigenvalue weighted by Gasteiger charge is -2.35. The minimum Gasteiger partial charge on any atom is -0.464 e. The molecule has 1 aromatic rings. The van der Waals surface area contributed by atoms with Crippen molar-refractivity contribution < 1.29 is 9.53 Å². The van der Waals surface area contributed by atoms with Gasteiger partial charge in [0.2, 0.25) is 0 Å². The van der Waals surface area contributed by atoms with E-state index in [1.165, 1.54) is 6.33 Å². The number of nitrogens with one attached hydrogen (secondary N) is 2. The normalized spacial score (nSPS) is 19.3. The smallest absolute Gasteiger partial charge is 0.330 e. The number of piperazine rings is 1. The number of carbonyl (C=O) groups excluding carboxylic acids is 1. The standard InChI is InChI=1S/C11H15ClN4O3/c1-2-19-11(18)7-5-13-3-4-16(7)9-8(12)10(17)15-6-14-9/h6-7,13H,2-5H2,1H3,(H,14,15,17). The number of halogens is 1. The maximum Gasteiger partial charge on any atom is 0.330 e. The number of carbonyl (C=O) groups is 1. The largest absolute Gasteiger partial charge is 0.464 e. The summed E-state index contributed by atoms with van der Waals surface area (Å²) in [5.41, 5.74) is -0.423. The lowest BCUT2D eigenvalue weighted by Crippen LogP contribution is -2.56.